The van der Waals surface area contributed by atoms with Gasteiger partial charge in [0.1, 0.15) is 0 Å². The number of amides is 1. The molecule has 2 unspecified atom stereocenters. The molecule has 2 aromatic rings. The van der Waals surface area contributed by atoms with Gasteiger partial charge in [0, 0.05) is 12.2 Å². The number of carboxylic acid groups (broad SMARTS) is 1. The molecule has 0 spiro atoms. The van der Waals surface area contributed by atoms with Crippen molar-refractivity contribution in [2.75, 3.05) is 0 Å². The van der Waals surface area contributed by atoms with Gasteiger partial charge < -0.3 is 10.4 Å². The molecule has 1 saturated carbocycles. The summed E-state index contributed by atoms with van der Waals surface area (Å²) in [5, 5.41) is 11.5. The molecule has 3 rings (SSSR count). The van der Waals surface area contributed by atoms with E-state index in [9.17, 15) is 4.79 Å². The number of para-hydroxylation sites is 2. The highest BCUT2D eigenvalue weighted by atomic mass is 16.4. The summed E-state index contributed by atoms with van der Waals surface area (Å²) in [4.78, 5) is 19.8. The Morgan fingerprint density at radius 3 is 2.90 bits per heavy atom. The first-order valence-corrected chi connectivity index (χ1v) is 6.92. The molecule has 0 saturated heterocycles. The van der Waals surface area contributed by atoms with E-state index in [0.717, 1.165) is 42.4 Å². The summed E-state index contributed by atoms with van der Waals surface area (Å²) in [6.07, 6.45) is 4.67. The molecule has 0 aliphatic heterocycles. The van der Waals surface area contributed by atoms with Crippen molar-refractivity contribution in [3.63, 3.8) is 0 Å². The average molecular weight is 271 g/mol. The second kappa shape index (κ2) is 5.45. The van der Waals surface area contributed by atoms with E-state index in [1.165, 1.54) is 0 Å². The lowest BCUT2D eigenvalue weighted by atomic mass is 9.98. The van der Waals surface area contributed by atoms with Crippen LogP contribution < -0.4 is 5.32 Å². The van der Waals surface area contributed by atoms with Crippen LogP contribution in [0.4, 0.5) is 4.79 Å². The van der Waals surface area contributed by atoms with Crippen LogP contribution in [0.3, 0.4) is 0 Å². The summed E-state index contributed by atoms with van der Waals surface area (Å²) >= 11 is 0. The Balaban J connectivity index is 1.76. The van der Waals surface area contributed by atoms with Crippen molar-refractivity contribution in [3.8, 4) is 0 Å². The first-order chi connectivity index (χ1) is 9.72. The van der Waals surface area contributed by atoms with Gasteiger partial charge in [-0.05, 0) is 37.3 Å². The van der Waals surface area contributed by atoms with Crippen LogP contribution in [-0.4, -0.2) is 27.2 Å². The van der Waals surface area contributed by atoms with Crippen LogP contribution in [0.1, 0.15) is 25.0 Å². The van der Waals surface area contributed by atoms with Gasteiger partial charge in [0.25, 0.3) is 0 Å². The molecule has 1 amide bonds. The third kappa shape index (κ3) is 2.71. The van der Waals surface area contributed by atoms with E-state index < -0.39 is 6.09 Å². The number of nitrogens with one attached hydrogen (secondary N) is 1. The maximum Gasteiger partial charge on any atom is 0.404 e. The molecule has 5 heteroatoms. The van der Waals surface area contributed by atoms with Gasteiger partial charge in [0.05, 0.1) is 16.7 Å². The first kappa shape index (κ1) is 12.8. The van der Waals surface area contributed by atoms with Crippen LogP contribution in [0.25, 0.3) is 11.0 Å². The van der Waals surface area contributed by atoms with Crippen molar-refractivity contribution in [1.29, 1.82) is 0 Å². The Bertz CT molecular complexity index is 629. The van der Waals surface area contributed by atoms with Crippen molar-refractivity contribution in [2.24, 2.45) is 5.92 Å². The molecule has 0 radical (unpaired) electrons. The second-order valence-electron chi connectivity index (χ2n) is 5.30. The van der Waals surface area contributed by atoms with E-state index in [1.54, 1.807) is 6.20 Å². The second-order valence-corrected chi connectivity index (χ2v) is 5.30. The van der Waals surface area contributed by atoms with Gasteiger partial charge in [-0.25, -0.2) is 9.78 Å². The number of fused-ring (bicyclic) bond motifs is 1. The Morgan fingerprint density at radius 2 is 2.10 bits per heavy atom. The van der Waals surface area contributed by atoms with Crippen LogP contribution in [0.15, 0.2) is 30.5 Å². The largest absolute Gasteiger partial charge is 0.465 e. The van der Waals surface area contributed by atoms with Crippen LogP contribution in [0, 0.1) is 5.92 Å². The Morgan fingerprint density at radius 1 is 1.30 bits per heavy atom. The van der Waals surface area contributed by atoms with Gasteiger partial charge in [-0.15, -0.1) is 0 Å². The number of nitrogens with zero attached hydrogens (tertiary/aromatic N) is 2. The molecule has 1 aromatic heterocycles. The normalized spacial score (nSPS) is 22.0. The van der Waals surface area contributed by atoms with E-state index in [2.05, 4.69) is 15.3 Å². The lowest BCUT2D eigenvalue weighted by molar-refractivity contribution is 0.186. The first-order valence-electron chi connectivity index (χ1n) is 6.92. The van der Waals surface area contributed by atoms with Crippen molar-refractivity contribution >= 4 is 17.1 Å². The van der Waals surface area contributed by atoms with Crippen LogP contribution in [0.2, 0.25) is 0 Å². The summed E-state index contributed by atoms with van der Waals surface area (Å²) in [6.45, 7) is 0. The van der Waals surface area contributed by atoms with Crippen molar-refractivity contribution < 1.29 is 9.90 Å². The number of aromatic nitrogens is 2. The molecule has 2 N–H and O–H groups in total. The van der Waals surface area contributed by atoms with E-state index in [4.69, 9.17) is 5.11 Å². The fraction of sp³-hybridized carbons (Fsp3) is 0.400. The highest BCUT2D eigenvalue weighted by Crippen LogP contribution is 2.28. The fourth-order valence-corrected chi connectivity index (χ4v) is 2.99. The third-order valence-corrected chi connectivity index (χ3v) is 3.94. The molecule has 1 aliphatic rings. The molecule has 5 nitrogen and oxygen atoms in total. The molecule has 104 valence electrons. The zero-order valence-corrected chi connectivity index (χ0v) is 11.1. The highest BCUT2D eigenvalue weighted by molar-refractivity contribution is 5.73. The van der Waals surface area contributed by atoms with E-state index in [-0.39, 0.29) is 6.04 Å². The number of rotatable bonds is 3. The minimum atomic E-state index is -0.938. The molecule has 2 atom stereocenters. The standard InChI is InChI=1S/C15H17N3O2/c19-15(20)18-12-7-3-4-10(12)8-11-9-16-13-5-1-2-6-14(13)17-11/h1-2,5-6,9-10,12,18H,3-4,7-8H2,(H,19,20). The SMILES string of the molecule is O=C(O)NC1CCCC1Cc1cnc2ccccc2n1. The number of hydrogen-bond donors (Lipinski definition) is 2. The molecule has 1 heterocycles. The minimum Gasteiger partial charge on any atom is -0.465 e. The lowest BCUT2D eigenvalue weighted by Gasteiger charge is -2.19. The predicted molar refractivity (Wildman–Crippen MR) is 75.5 cm³/mol. The topological polar surface area (TPSA) is 75.1 Å². The fourth-order valence-electron chi connectivity index (χ4n) is 2.99. The van der Waals surface area contributed by atoms with Gasteiger partial charge in [0.2, 0.25) is 0 Å². The summed E-state index contributed by atoms with van der Waals surface area (Å²) in [5.74, 6) is 0.321. The average Bonchev–Trinajstić information content (AvgIpc) is 2.85. The lowest BCUT2D eigenvalue weighted by Crippen LogP contribution is -2.37. The van der Waals surface area contributed by atoms with Gasteiger partial charge in [-0.1, -0.05) is 18.6 Å². The van der Waals surface area contributed by atoms with Crippen LogP contribution in [-0.2, 0) is 6.42 Å². The van der Waals surface area contributed by atoms with E-state index >= 15 is 0 Å². The van der Waals surface area contributed by atoms with E-state index in [0.29, 0.717) is 5.92 Å². The maximum atomic E-state index is 10.8. The maximum absolute atomic E-state index is 10.8. The number of carbonyl (C=O) groups is 1. The number of hydrogen-bond acceptors (Lipinski definition) is 3. The van der Waals surface area contributed by atoms with E-state index in [1.807, 2.05) is 24.3 Å². The minimum absolute atomic E-state index is 0.0424. The van der Waals surface area contributed by atoms with Crippen molar-refractivity contribution in [2.45, 2.75) is 31.7 Å². The van der Waals surface area contributed by atoms with Gasteiger partial charge in [-0.2, -0.15) is 0 Å². The molecule has 1 aliphatic carbocycles. The zero-order valence-electron chi connectivity index (χ0n) is 11.1. The quantitative estimate of drug-likeness (QED) is 0.899. The summed E-state index contributed by atoms with van der Waals surface area (Å²) in [7, 11) is 0. The summed E-state index contributed by atoms with van der Waals surface area (Å²) in [6, 6.07) is 7.83. The van der Waals surface area contributed by atoms with Crippen molar-refractivity contribution in [3.05, 3.63) is 36.2 Å². The molecule has 0 bridgehead atoms. The third-order valence-electron chi connectivity index (χ3n) is 3.94. The molecule has 20 heavy (non-hydrogen) atoms. The Kier molecular flexibility index (Phi) is 3.50. The molecule has 1 aromatic carbocycles. The summed E-state index contributed by atoms with van der Waals surface area (Å²) < 4.78 is 0. The molecular weight excluding hydrogens is 254 g/mol. The highest BCUT2D eigenvalue weighted by Gasteiger charge is 2.29. The van der Waals surface area contributed by atoms with Crippen LogP contribution in [0.5, 0.6) is 0 Å². The van der Waals surface area contributed by atoms with Gasteiger partial charge >= 0.3 is 6.09 Å². The van der Waals surface area contributed by atoms with Gasteiger partial charge in [0.15, 0.2) is 0 Å². The Hall–Kier alpha value is -2.17. The Labute approximate surface area is 117 Å². The van der Waals surface area contributed by atoms with Gasteiger partial charge in [-0.3, -0.25) is 4.98 Å². The monoisotopic (exact) mass is 271 g/mol. The van der Waals surface area contributed by atoms with Crippen LogP contribution >= 0.6 is 0 Å². The molecular formula is C15H17N3O2. The smallest absolute Gasteiger partial charge is 0.404 e. The summed E-state index contributed by atoms with van der Waals surface area (Å²) in [5.41, 5.74) is 2.72. The molecule has 1 fully saturated rings. The van der Waals surface area contributed by atoms with Crippen molar-refractivity contribution in [1.82, 2.24) is 15.3 Å². The zero-order chi connectivity index (χ0) is 13.9. The predicted octanol–water partition coefficient (Wildman–Crippen LogP) is 2.61. The number of benzene rings is 1.